The van der Waals surface area contributed by atoms with Crippen LogP contribution in [0.2, 0.25) is 0 Å². The normalized spacial score (nSPS) is 11.4. The zero-order valence-electron chi connectivity index (χ0n) is 11.7. The molecular formula is C14H16N2O3S2. The number of benzene rings is 1. The second-order valence-corrected chi connectivity index (χ2v) is 7.54. The van der Waals surface area contributed by atoms with E-state index in [1.165, 1.54) is 23.5 Å². The number of aryl methyl sites for hydroxylation is 2. The molecule has 0 aliphatic heterocycles. The van der Waals surface area contributed by atoms with E-state index in [1.54, 1.807) is 12.1 Å². The van der Waals surface area contributed by atoms with Gasteiger partial charge in [0.25, 0.3) is 5.91 Å². The Bertz CT molecular complexity index is 743. The molecule has 1 aromatic carbocycles. The highest BCUT2D eigenvalue weighted by Gasteiger charge is 2.11. The number of hydrogen-bond donors (Lipinski definition) is 2. The monoisotopic (exact) mass is 324 g/mol. The summed E-state index contributed by atoms with van der Waals surface area (Å²) in [6.07, 6.45) is 0. The van der Waals surface area contributed by atoms with Crippen LogP contribution in [-0.2, 0) is 16.6 Å². The van der Waals surface area contributed by atoms with Crippen molar-refractivity contribution in [2.75, 3.05) is 0 Å². The summed E-state index contributed by atoms with van der Waals surface area (Å²) in [5, 5.41) is 7.83. The van der Waals surface area contributed by atoms with Crippen molar-refractivity contribution in [3.8, 4) is 0 Å². The van der Waals surface area contributed by atoms with Gasteiger partial charge >= 0.3 is 0 Å². The van der Waals surface area contributed by atoms with Crippen molar-refractivity contribution in [3.05, 3.63) is 51.2 Å². The lowest BCUT2D eigenvalue weighted by Gasteiger charge is -2.05. The zero-order chi connectivity index (χ0) is 15.6. The molecule has 5 nitrogen and oxygen atoms in total. The van der Waals surface area contributed by atoms with Gasteiger partial charge in [0.2, 0.25) is 10.0 Å². The van der Waals surface area contributed by atoms with Crippen molar-refractivity contribution in [3.63, 3.8) is 0 Å². The van der Waals surface area contributed by atoms with Gasteiger partial charge in [-0.2, -0.15) is 0 Å². The molecule has 0 atom stereocenters. The second kappa shape index (κ2) is 5.97. The molecule has 1 amide bonds. The smallest absolute Gasteiger partial charge is 0.261 e. The molecule has 112 valence electrons. The molecule has 0 bridgehead atoms. The van der Waals surface area contributed by atoms with E-state index in [0.717, 1.165) is 16.0 Å². The predicted molar refractivity (Wildman–Crippen MR) is 82.8 cm³/mol. The Hall–Kier alpha value is -1.70. The van der Waals surface area contributed by atoms with Crippen LogP contribution in [-0.4, -0.2) is 14.3 Å². The van der Waals surface area contributed by atoms with Crippen LogP contribution in [0.15, 0.2) is 35.2 Å². The number of sulfonamides is 1. The van der Waals surface area contributed by atoms with Crippen LogP contribution >= 0.6 is 11.3 Å². The first kappa shape index (κ1) is 15.7. The quantitative estimate of drug-likeness (QED) is 0.900. The summed E-state index contributed by atoms with van der Waals surface area (Å²) >= 11 is 1.46. The van der Waals surface area contributed by atoms with E-state index in [0.29, 0.717) is 11.4 Å². The summed E-state index contributed by atoms with van der Waals surface area (Å²) in [4.78, 5) is 13.8. The van der Waals surface area contributed by atoms with Crippen molar-refractivity contribution < 1.29 is 13.2 Å². The van der Waals surface area contributed by atoms with E-state index in [4.69, 9.17) is 5.14 Å². The Morgan fingerprint density at radius 3 is 2.33 bits per heavy atom. The maximum atomic E-state index is 12.0. The SMILES string of the molecule is Cc1cc(C(=O)NCc2ccc(S(N)(=O)=O)cc2)sc1C. The van der Waals surface area contributed by atoms with E-state index >= 15 is 0 Å². The summed E-state index contributed by atoms with van der Waals surface area (Å²) in [5.74, 6) is -0.133. The fourth-order valence-electron chi connectivity index (χ4n) is 1.75. The number of rotatable bonds is 4. The average molecular weight is 324 g/mol. The maximum Gasteiger partial charge on any atom is 0.261 e. The Morgan fingerprint density at radius 1 is 1.24 bits per heavy atom. The minimum atomic E-state index is -3.68. The van der Waals surface area contributed by atoms with E-state index in [-0.39, 0.29) is 10.8 Å². The third-order valence-corrected chi connectivity index (χ3v) is 5.18. The zero-order valence-corrected chi connectivity index (χ0v) is 13.3. The Labute approximate surface area is 127 Å². The number of carbonyl (C=O) groups excluding carboxylic acids is 1. The lowest BCUT2D eigenvalue weighted by atomic mass is 10.2. The third-order valence-electron chi connectivity index (χ3n) is 3.09. The van der Waals surface area contributed by atoms with Crippen molar-refractivity contribution in [1.82, 2.24) is 5.32 Å². The van der Waals surface area contributed by atoms with Gasteiger partial charge in [0.1, 0.15) is 0 Å². The van der Waals surface area contributed by atoms with Gasteiger partial charge in [-0.05, 0) is 43.2 Å². The van der Waals surface area contributed by atoms with E-state index in [1.807, 2.05) is 19.9 Å². The molecule has 2 aromatic rings. The standard InChI is InChI=1S/C14H16N2O3S2/c1-9-7-13(20-10(9)2)14(17)16-8-11-3-5-12(6-4-11)21(15,18)19/h3-7H,8H2,1-2H3,(H,16,17)(H2,15,18,19). The van der Waals surface area contributed by atoms with Gasteiger partial charge in [-0.15, -0.1) is 11.3 Å². The highest BCUT2D eigenvalue weighted by Crippen LogP contribution is 2.20. The van der Waals surface area contributed by atoms with E-state index in [2.05, 4.69) is 5.32 Å². The highest BCUT2D eigenvalue weighted by molar-refractivity contribution is 7.89. The molecular weight excluding hydrogens is 308 g/mol. The molecule has 0 aliphatic rings. The van der Waals surface area contributed by atoms with Crippen LogP contribution < -0.4 is 10.5 Å². The molecule has 0 spiro atoms. The molecule has 1 aromatic heterocycles. The predicted octanol–water partition coefficient (Wildman–Crippen LogP) is 1.94. The molecule has 2 rings (SSSR count). The molecule has 3 N–H and O–H groups in total. The van der Waals surface area contributed by atoms with Crippen LogP contribution in [0.5, 0.6) is 0 Å². The van der Waals surface area contributed by atoms with Gasteiger partial charge < -0.3 is 5.32 Å². The number of hydrogen-bond acceptors (Lipinski definition) is 4. The van der Waals surface area contributed by atoms with Crippen molar-refractivity contribution in [2.45, 2.75) is 25.3 Å². The van der Waals surface area contributed by atoms with Crippen LogP contribution in [0.25, 0.3) is 0 Å². The Kier molecular flexibility index (Phi) is 4.46. The fraction of sp³-hybridized carbons (Fsp3) is 0.214. The number of nitrogens with one attached hydrogen (secondary N) is 1. The summed E-state index contributed by atoms with van der Waals surface area (Å²) in [6, 6.07) is 7.97. The number of primary sulfonamides is 1. The highest BCUT2D eigenvalue weighted by atomic mass is 32.2. The lowest BCUT2D eigenvalue weighted by molar-refractivity contribution is 0.0955. The molecule has 0 saturated heterocycles. The molecule has 1 heterocycles. The summed E-state index contributed by atoms with van der Waals surface area (Å²) in [5.41, 5.74) is 1.91. The Balaban J connectivity index is 2.01. The van der Waals surface area contributed by atoms with Crippen molar-refractivity contribution in [1.29, 1.82) is 0 Å². The fourth-order valence-corrected chi connectivity index (χ4v) is 3.22. The average Bonchev–Trinajstić information content (AvgIpc) is 2.75. The van der Waals surface area contributed by atoms with Gasteiger partial charge in [0, 0.05) is 11.4 Å². The van der Waals surface area contributed by atoms with Crippen LogP contribution in [0, 0.1) is 13.8 Å². The first-order chi connectivity index (χ1) is 9.77. The van der Waals surface area contributed by atoms with Crippen molar-refractivity contribution >= 4 is 27.3 Å². The molecule has 21 heavy (non-hydrogen) atoms. The topological polar surface area (TPSA) is 89.3 Å². The molecule has 0 unspecified atom stereocenters. The summed E-state index contributed by atoms with van der Waals surface area (Å²) in [7, 11) is -3.68. The molecule has 0 saturated carbocycles. The molecule has 0 fully saturated rings. The number of nitrogens with two attached hydrogens (primary N) is 1. The maximum absolute atomic E-state index is 12.0. The third kappa shape index (κ3) is 3.90. The number of amides is 1. The lowest BCUT2D eigenvalue weighted by Crippen LogP contribution is -2.21. The van der Waals surface area contributed by atoms with E-state index < -0.39 is 10.0 Å². The van der Waals surface area contributed by atoms with Gasteiger partial charge in [-0.1, -0.05) is 12.1 Å². The molecule has 7 heteroatoms. The largest absolute Gasteiger partial charge is 0.347 e. The summed E-state index contributed by atoms with van der Waals surface area (Å²) in [6.45, 7) is 4.27. The van der Waals surface area contributed by atoms with Gasteiger partial charge in [-0.3, -0.25) is 4.79 Å². The molecule has 0 radical (unpaired) electrons. The van der Waals surface area contributed by atoms with Crippen LogP contribution in [0.4, 0.5) is 0 Å². The minimum absolute atomic E-state index is 0.0575. The second-order valence-electron chi connectivity index (χ2n) is 4.72. The Morgan fingerprint density at radius 2 is 1.86 bits per heavy atom. The first-order valence-electron chi connectivity index (χ1n) is 6.24. The van der Waals surface area contributed by atoms with Gasteiger partial charge in [-0.25, -0.2) is 13.6 Å². The minimum Gasteiger partial charge on any atom is -0.347 e. The first-order valence-corrected chi connectivity index (χ1v) is 8.60. The van der Waals surface area contributed by atoms with E-state index in [9.17, 15) is 13.2 Å². The van der Waals surface area contributed by atoms with Gasteiger partial charge in [0.15, 0.2) is 0 Å². The van der Waals surface area contributed by atoms with Crippen LogP contribution in [0.3, 0.4) is 0 Å². The molecule has 0 aliphatic carbocycles. The van der Waals surface area contributed by atoms with Crippen LogP contribution in [0.1, 0.15) is 25.7 Å². The number of thiophene rings is 1. The van der Waals surface area contributed by atoms with Gasteiger partial charge in [0.05, 0.1) is 9.77 Å². The van der Waals surface area contributed by atoms with Crippen molar-refractivity contribution in [2.24, 2.45) is 5.14 Å². The summed E-state index contributed by atoms with van der Waals surface area (Å²) < 4.78 is 22.3. The number of carbonyl (C=O) groups is 1.